The van der Waals surface area contributed by atoms with Crippen molar-refractivity contribution in [2.45, 2.75) is 65.3 Å². The van der Waals surface area contributed by atoms with Crippen molar-refractivity contribution in [3.63, 3.8) is 0 Å². The van der Waals surface area contributed by atoms with Crippen molar-refractivity contribution in [3.05, 3.63) is 0 Å². The lowest BCUT2D eigenvalue weighted by molar-refractivity contribution is -0.191. The number of fused-ring (bicyclic) bond motifs is 2. The molecule has 6 atom stereocenters. The molecule has 6 unspecified atom stereocenters. The number of ketones is 1. The minimum absolute atomic E-state index is 0.0452. The number of ether oxygens (including phenoxy) is 2. The van der Waals surface area contributed by atoms with Crippen LogP contribution in [0.2, 0.25) is 0 Å². The summed E-state index contributed by atoms with van der Waals surface area (Å²) in [5, 5.41) is 0. The van der Waals surface area contributed by atoms with Gasteiger partial charge in [0, 0.05) is 5.92 Å². The van der Waals surface area contributed by atoms with Gasteiger partial charge in [-0.3, -0.25) is 4.79 Å². The number of carbonyl (C=O) groups is 1. The fourth-order valence-corrected chi connectivity index (χ4v) is 4.64. The van der Waals surface area contributed by atoms with E-state index < -0.39 is 0 Å². The van der Waals surface area contributed by atoms with Gasteiger partial charge in [-0.05, 0) is 56.3 Å². The van der Waals surface area contributed by atoms with Gasteiger partial charge < -0.3 is 9.47 Å². The maximum atomic E-state index is 11.6. The maximum Gasteiger partial charge on any atom is 0.161 e. The summed E-state index contributed by atoms with van der Waals surface area (Å²) in [5.74, 6) is 3.57. The lowest BCUT2D eigenvalue weighted by atomic mass is 9.71. The predicted octanol–water partition coefficient (Wildman–Crippen LogP) is 3.42. The minimum Gasteiger partial charge on any atom is -0.349 e. The number of hydrogen-bond acceptors (Lipinski definition) is 3. The molecule has 3 rings (SSSR count). The number of rotatable bonds is 6. The fourth-order valence-electron chi connectivity index (χ4n) is 4.64. The van der Waals surface area contributed by atoms with Gasteiger partial charge in [0.1, 0.15) is 6.61 Å². The smallest absolute Gasteiger partial charge is 0.161 e. The Balaban J connectivity index is 1.50. The third-order valence-corrected chi connectivity index (χ3v) is 5.74. The molecule has 3 bridgehead atoms. The van der Waals surface area contributed by atoms with E-state index in [1.807, 2.05) is 20.8 Å². The monoisotopic (exact) mass is 280 g/mol. The summed E-state index contributed by atoms with van der Waals surface area (Å²) in [5.41, 5.74) is 0. The van der Waals surface area contributed by atoms with Gasteiger partial charge in [-0.1, -0.05) is 20.3 Å². The molecule has 0 aliphatic heterocycles. The molecule has 0 radical (unpaired) electrons. The van der Waals surface area contributed by atoms with Crippen molar-refractivity contribution in [1.82, 2.24) is 0 Å². The molecule has 3 saturated carbocycles. The van der Waals surface area contributed by atoms with Crippen LogP contribution in [-0.4, -0.2) is 24.8 Å². The van der Waals surface area contributed by atoms with Crippen LogP contribution in [0.3, 0.4) is 0 Å². The van der Waals surface area contributed by atoms with Crippen molar-refractivity contribution in [3.8, 4) is 0 Å². The van der Waals surface area contributed by atoms with E-state index >= 15 is 0 Å². The fraction of sp³-hybridized carbons (Fsp3) is 0.941. The second-order valence-corrected chi connectivity index (χ2v) is 7.43. The molecule has 0 aromatic rings. The topological polar surface area (TPSA) is 35.5 Å². The van der Waals surface area contributed by atoms with E-state index in [1.54, 1.807) is 0 Å². The zero-order chi connectivity index (χ0) is 14.3. The molecule has 3 fully saturated rings. The highest BCUT2D eigenvalue weighted by Gasteiger charge is 2.51. The SMILES string of the molecule is CC(OCC(=O)C(C)C)OC1C2CC3CCC(C2)C1C3. The number of hydrogen-bond donors (Lipinski definition) is 0. The van der Waals surface area contributed by atoms with Gasteiger partial charge in [0.2, 0.25) is 0 Å². The summed E-state index contributed by atoms with van der Waals surface area (Å²) in [7, 11) is 0. The average Bonchev–Trinajstić information content (AvgIpc) is 2.59. The van der Waals surface area contributed by atoms with Crippen LogP contribution < -0.4 is 0 Å². The molecule has 0 heterocycles. The normalized spacial score (nSPS) is 40.3. The summed E-state index contributed by atoms with van der Waals surface area (Å²) >= 11 is 0. The van der Waals surface area contributed by atoms with Crippen molar-refractivity contribution in [2.24, 2.45) is 29.6 Å². The van der Waals surface area contributed by atoms with Gasteiger partial charge >= 0.3 is 0 Å². The molecular weight excluding hydrogens is 252 g/mol. The first-order valence-corrected chi connectivity index (χ1v) is 8.34. The molecule has 114 valence electrons. The zero-order valence-electron chi connectivity index (χ0n) is 13.0. The van der Waals surface area contributed by atoms with E-state index in [0.29, 0.717) is 6.10 Å². The van der Waals surface area contributed by atoms with Crippen LogP contribution >= 0.6 is 0 Å². The second-order valence-electron chi connectivity index (χ2n) is 7.43. The highest BCUT2D eigenvalue weighted by molar-refractivity contribution is 5.81. The first-order chi connectivity index (χ1) is 9.54. The van der Waals surface area contributed by atoms with E-state index in [-0.39, 0.29) is 24.6 Å². The summed E-state index contributed by atoms with van der Waals surface area (Å²) < 4.78 is 11.8. The van der Waals surface area contributed by atoms with E-state index in [4.69, 9.17) is 9.47 Å². The van der Waals surface area contributed by atoms with Crippen LogP contribution in [0.5, 0.6) is 0 Å². The highest BCUT2D eigenvalue weighted by Crippen LogP contribution is 2.56. The van der Waals surface area contributed by atoms with E-state index in [9.17, 15) is 4.79 Å². The highest BCUT2D eigenvalue weighted by atomic mass is 16.7. The van der Waals surface area contributed by atoms with Gasteiger partial charge in [0.15, 0.2) is 12.1 Å². The summed E-state index contributed by atoms with van der Waals surface area (Å²) in [6.07, 6.45) is 7.08. The minimum atomic E-state index is -0.248. The third-order valence-electron chi connectivity index (χ3n) is 5.74. The maximum absolute atomic E-state index is 11.6. The Hall–Kier alpha value is -0.410. The quantitative estimate of drug-likeness (QED) is 0.699. The molecule has 0 spiro atoms. The van der Waals surface area contributed by atoms with Crippen molar-refractivity contribution in [2.75, 3.05) is 6.61 Å². The lowest BCUT2D eigenvalue weighted by Crippen LogP contribution is -2.39. The Labute approximate surface area is 122 Å². The van der Waals surface area contributed by atoms with Crippen molar-refractivity contribution >= 4 is 5.78 Å². The lowest BCUT2D eigenvalue weighted by Gasteiger charge is -2.40. The van der Waals surface area contributed by atoms with Crippen LogP contribution in [0, 0.1) is 29.6 Å². The van der Waals surface area contributed by atoms with Gasteiger partial charge in [0.25, 0.3) is 0 Å². The first kappa shape index (κ1) is 14.5. The molecule has 3 heteroatoms. The molecule has 0 aromatic heterocycles. The Morgan fingerprint density at radius 3 is 2.65 bits per heavy atom. The van der Waals surface area contributed by atoms with Crippen LogP contribution in [0.25, 0.3) is 0 Å². The third kappa shape index (κ3) is 2.80. The van der Waals surface area contributed by atoms with E-state index in [0.717, 1.165) is 23.7 Å². The van der Waals surface area contributed by atoms with Gasteiger partial charge in [-0.15, -0.1) is 0 Å². The van der Waals surface area contributed by atoms with Crippen LogP contribution in [0.1, 0.15) is 52.9 Å². The number of Topliss-reactive ketones (excluding diaryl/α,β-unsaturated/α-hetero) is 1. The Morgan fingerprint density at radius 1 is 1.10 bits per heavy atom. The molecule has 0 amide bonds. The summed E-state index contributed by atoms with van der Waals surface area (Å²) in [6.45, 7) is 5.96. The van der Waals surface area contributed by atoms with E-state index in [2.05, 4.69) is 0 Å². The molecule has 3 aliphatic carbocycles. The largest absolute Gasteiger partial charge is 0.349 e. The Morgan fingerprint density at radius 2 is 1.90 bits per heavy atom. The molecule has 3 nitrogen and oxygen atoms in total. The summed E-state index contributed by atoms with van der Waals surface area (Å²) in [4.78, 5) is 11.6. The molecule has 0 aromatic carbocycles. The standard InChI is InChI=1S/C17H28O3/c1-10(2)16(18)9-19-11(3)20-17-14-6-12-4-5-13(8-14)15(17)7-12/h10-15,17H,4-9H2,1-3H3. The molecule has 0 N–H and O–H groups in total. The van der Waals surface area contributed by atoms with Crippen molar-refractivity contribution in [1.29, 1.82) is 0 Å². The van der Waals surface area contributed by atoms with Crippen LogP contribution in [0.4, 0.5) is 0 Å². The number of carbonyl (C=O) groups excluding carboxylic acids is 1. The Bertz CT molecular complexity index is 361. The summed E-state index contributed by atoms with van der Waals surface area (Å²) in [6, 6.07) is 0. The van der Waals surface area contributed by atoms with Crippen LogP contribution in [-0.2, 0) is 14.3 Å². The first-order valence-electron chi connectivity index (χ1n) is 8.34. The molecule has 0 saturated heterocycles. The van der Waals surface area contributed by atoms with Gasteiger partial charge in [-0.2, -0.15) is 0 Å². The van der Waals surface area contributed by atoms with Crippen LogP contribution in [0.15, 0.2) is 0 Å². The van der Waals surface area contributed by atoms with Crippen molar-refractivity contribution < 1.29 is 14.3 Å². The van der Waals surface area contributed by atoms with E-state index in [1.165, 1.54) is 32.1 Å². The molecular formula is C17H28O3. The van der Waals surface area contributed by atoms with Gasteiger partial charge in [-0.25, -0.2) is 0 Å². The average molecular weight is 280 g/mol. The second kappa shape index (κ2) is 5.76. The Kier molecular flexibility index (Phi) is 4.19. The molecule has 3 aliphatic rings. The zero-order valence-corrected chi connectivity index (χ0v) is 13.0. The predicted molar refractivity (Wildman–Crippen MR) is 77.2 cm³/mol. The van der Waals surface area contributed by atoms with Gasteiger partial charge in [0.05, 0.1) is 6.10 Å². The molecule has 20 heavy (non-hydrogen) atoms.